The summed E-state index contributed by atoms with van der Waals surface area (Å²) in [7, 11) is -3.66. The molecule has 168 valence electrons. The molecular formula is C21H23F3N2O4S. The highest BCUT2D eigenvalue weighted by Gasteiger charge is 2.33. The van der Waals surface area contributed by atoms with E-state index >= 15 is 0 Å². The van der Waals surface area contributed by atoms with E-state index in [-0.39, 0.29) is 36.2 Å². The summed E-state index contributed by atoms with van der Waals surface area (Å²) in [6.45, 7) is 0.693. The van der Waals surface area contributed by atoms with Gasteiger partial charge >= 0.3 is 6.18 Å². The molecule has 2 aromatic carbocycles. The predicted molar refractivity (Wildman–Crippen MR) is 108 cm³/mol. The van der Waals surface area contributed by atoms with Gasteiger partial charge in [-0.05, 0) is 49.2 Å². The number of benzene rings is 2. The maximum Gasteiger partial charge on any atom is 0.416 e. The molecule has 6 nitrogen and oxygen atoms in total. The number of carbonyl (C=O) groups is 1. The van der Waals surface area contributed by atoms with Crippen LogP contribution in [0.15, 0.2) is 59.5 Å². The molecule has 1 fully saturated rings. The molecule has 0 bridgehead atoms. The summed E-state index contributed by atoms with van der Waals surface area (Å²) in [5, 5.41) is 2.70. The molecule has 1 aliphatic rings. The Kier molecular flexibility index (Phi) is 7.22. The number of carbonyl (C=O) groups excluding carboxylic acids is 1. The van der Waals surface area contributed by atoms with Crippen molar-refractivity contribution >= 4 is 15.9 Å². The summed E-state index contributed by atoms with van der Waals surface area (Å²) in [6, 6.07) is 12.4. The van der Waals surface area contributed by atoms with E-state index in [1.165, 1.54) is 28.6 Å². The van der Waals surface area contributed by atoms with Crippen LogP contribution in [0, 0.1) is 5.92 Å². The summed E-state index contributed by atoms with van der Waals surface area (Å²) < 4.78 is 69.9. The molecule has 2 aromatic rings. The van der Waals surface area contributed by atoms with E-state index in [9.17, 15) is 26.4 Å². The maximum absolute atomic E-state index is 12.8. The van der Waals surface area contributed by atoms with E-state index in [2.05, 4.69) is 5.32 Å². The second-order valence-corrected chi connectivity index (χ2v) is 9.11. The minimum Gasteiger partial charge on any atom is -0.492 e. The predicted octanol–water partition coefficient (Wildman–Crippen LogP) is 3.30. The zero-order chi connectivity index (χ0) is 22.5. The summed E-state index contributed by atoms with van der Waals surface area (Å²) in [5.41, 5.74) is -0.763. The third-order valence-corrected chi connectivity index (χ3v) is 6.87. The molecule has 1 aliphatic heterocycles. The number of ether oxygens (including phenoxy) is 1. The minimum absolute atomic E-state index is 0.0792. The third-order valence-electron chi connectivity index (χ3n) is 4.99. The van der Waals surface area contributed by atoms with Gasteiger partial charge in [0.15, 0.2) is 0 Å². The molecule has 10 heteroatoms. The maximum atomic E-state index is 12.8. The lowest BCUT2D eigenvalue weighted by Crippen LogP contribution is -2.45. The number of amides is 1. The van der Waals surface area contributed by atoms with Crippen molar-refractivity contribution in [3.8, 4) is 5.75 Å². The molecular weight excluding hydrogens is 433 g/mol. The normalized spacial score (nSPS) is 17.8. The first kappa shape index (κ1) is 23.1. The molecule has 0 aromatic heterocycles. The van der Waals surface area contributed by atoms with Crippen LogP contribution in [0.25, 0.3) is 0 Å². The number of rotatable bonds is 7. The summed E-state index contributed by atoms with van der Waals surface area (Å²) in [6.07, 6.45) is -3.26. The Hall–Kier alpha value is -2.59. The molecule has 1 amide bonds. The van der Waals surface area contributed by atoms with Crippen LogP contribution in [0.2, 0.25) is 0 Å². The van der Waals surface area contributed by atoms with Crippen LogP contribution in [-0.4, -0.2) is 44.9 Å². The van der Waals surface area contributed by atoms with Gasteiger partial charge in [0.25, 0.3) is 0 Å². The van der Waals surface area contributed by atoms with Crippen molar-refractivity contribution in [3.63, 3.8) is 0 Å². The molecule has 0 aliphatic carbocycles. The van der Waals surface area contributed by atoms with E-state index in [1.54, 1.807) is 18.2 Å². The second kappa shape index (κ2) is 9.69. The van der Waals surface area contributed by atoms with Crippen LogP contribution in [0.3, 0.4) is 0 Å². The van der Waals surface area contributed by atoms with Gasteiger partial charge in [-0.15, -0.1) is 0 Å². The summed E-state index contributed by atoms with van der Waals surface area (Å²) >= 11 is 0. The molecule has 1 atom stereocenters. The Bertz CT molecular complexity index is 980. The molecule has 0 saturated carbocycles. The van der Waals surface area contributed by atoms with Crippen molar-refractivity contribution in [2.24, 2.45) is 5.92 Å². The highest BCUT2D eigenvalue weighted by Crippen LogP contribution is 2.30. The lowest BCUT2D eigenvalue weighted by molar-refractivity contribution is -0.137. The van der Waals surface area contributed by atoms with Crippen molar-refractivity contribution in [1.82, 2.24) is 9.62 Å². The van der Waals surface area contributed by atoms with Gasteiger partial charge in [-0.2, -0.15) is 17.5 Å². The summed E-state index contributed by atoms with van der Waals surface area (Å²) in [4.78, 5) is 12.7. The van der Waals surface area contributed by atoms with Crippen molar-refractivity contribution in [2.75, 3.05) is 26.2 Å². The Morgan fingerprint density at radius 1 is 1.10 bits per heavy atom. The minimum atomic E-state index is -4.41. The number of piperidine rings is 1. The Labute approximate surface area is 179 Å². The molecule has 1 N–H and O–H groups in total. The standard InChI is InChI=1S/C21H23F3N2O4S/c22-21(23,24)17-8-10-18(11-9-17)30-14-12-25-20(27)16-5-4-13-26(15-16)31(28,29)19-6-2-1-3-7-19/h1-3,6-11,16H,4-5,12-15H2,(H,25,27). The number of hydrogen-bond donors (Lipinski definition) is 1. The fourth-order valence-corrected chi connectivity index (χ4v) is 4.89. The smallest absolute Gasteiger partial charge is 0.416 e. The van der Waals surface area contributed by atoms with E-state index < -0.39 is 27.7 Å². The van der Waals surface area contributed by atoms with Crippen molar-refractivity contribution < 1.29 is 31.1 Å². The SMILES string of the molecule is O=C(NCCOc1ccc(C(F)(F)F)cc1)C1CCCN(S(=O)(=O)c2ccccc2)C1. The van der Waals surface area contributed by atoms with Crippen molar-refractivity contribution in [3.05, 3.63) is 60.2 Å². The Balaban J connectivity index is 1.47. The second-order valence-electron chi connectivity index (χ2n) is 7.18. The third kappa shape index (κ3) is 5.98. The quantitative estimate of drug-likeness (QED) is 0.649. The zero-order valence-electron chi connectivity index (χ0n) is 16.6. The number of sulfonamides is 1. The zero-order valence-corrected chi connectivity index (χ0v) is 17.5. The highest BCUT2D eigenvalue weighted by molar-refractivity contribution is 7.89. The molecule has 1 heterocycles. The van der Waals surface area contributed by atoms with Gasteiger partial charge in [0.05, 0.1) is 22.9 Å². The van der Waals surface area contributed by atoms with E-state index in [1.807, 2.05) is 0 Å². The van der Waals surface area contributed by atoms with Gasteiger partial charge in [-0.25, -0.2) is 8.42 Å². The van der Waals surface area contributed by atoms with Crippen LogP contribution in [-0.2, 0) is 21.0 Å². The summed E-state index contributed by atoms with van der Waals surface area (Å²) in [5.74, 6) is -0.484. The van der Waals surface area contributed by atoms with Crippen LogP contribution in [0.5, 0.6) is 5.75 Å². The monoisotopic (exact) mass is 456 g/mol. The lowest BCUT2D eigenvalue weighted by Gasteiger charge is -2.31. The number of halogens is 3. The number of hydrogen-bond acceptors (Lipinski definition) is 4. The van der Waals surface area contributed by atoms with E-state index in [0.717, 1.165) is 12.1 Å². The first-order valence-corrected chi connectivity index (χ1v) is 11.2. The fourth-order valence-electron chi connectivity index (χ4n) is 3.34. The molecule has 3 rings (SSSR count). The average Bonchev–Trinajstić information content (AvgIpc) is 2.77. The number of nitrogens with one attached hydrogen (secondary N) is 1. The van der Waals surface area contributed by atoms with Gasteiger partial charge in [0, 0.05) is 13.1 Å². The molecule has 0 spiro atoms. The van der Waals surface area contributed by atoms with Crippen molar-refractivity contribution in [2.45, 2.75) is 23.9 Å². The highest BCUT2D eigenvalue weighted by atomic mass is 32.2. The fraction of sp³-hybridized carbons (Fsp3) is 0.381. The van der Waals surface area contributed by atoms with E-state index in [0.29, 0.717) is 19.4 Å². The Morgan fingerprint density at radius 2 is 1.77 bits per heavy atom. The van der Waals surface area contributed by atoms with Crippen LogP contribution >= 0.6 is 0 Å². The van der Waals surface area contributed by atoms with E-state index in [4.69, 9.17) is 4.74 Å². The number of nitrogens with zero attached hydrogens (tertiary/aromatic N) is 1. The molecule has 0 radical (unpaired) electrons. The van der Waals surface area contributed by atoms with Gasteiger partial charge in [-0.1, -0.05) is 18.2 Å². The van der Waals surface area contributed by atoms with Crippen molar-refractivity contribution in [1.29, 1.82) is 0 Å². The van der Waals surface area contributed by atoms with Gasteiger partial charge < -0.3 is 10.1 Å². The lowest BCUT2D eigenvalue weighted by atomic mass is 9.99. The number of alkyl halides is 3. The molecule has 31 heavy (non-hydrogen) atoms. The largest absolute Gasteiger partial charge is 0.492 e. The molecule has 1 unspecified atom stereocenters. The average molecular weight is 456 g/mol. The van der Waals surface area contributed by atoms with Crippen LogP contribution in [0.4, 0.5) is 13.2 Å². The Morgan fingerprint density at radius 3 is 2.42 bits per heavy atom. The first-order valence-electron chi connectivity index (χ1n) is 9.81. The van der Waals surface area contributed by atoms with Gasteiger partial charge in [0.2, 0.25) is 15.9 Å². The topological polar surface area (TPSA) is 75.7 Å². The first-order chi connectivity index (χ1) is 14.7. The van der Waals surface area contributed by atoms with Crippen LogP contribution < -0.4 is 10.1 Å². The van der Waals surface area contributed by atoms with Gasteiger partial charge in [0.1, 0.15) is 12.4 Å². The molecule has 1 saturated heterocycles. The van der Waals surface area contributed by atoms with Crippen LogP contribution in [0.1, 0.15) is 18.4 Å². The van der Waals surface area contributed by atoms with Gasteiger partial charge in [-0.3, -0.25) is 4.79 Å².